The highest BCUT2D eigenvalue weighted by atomic mass is 17.1. The van der Waals surface area contributed by atoms with E-state index in [1.807, 2.05) is 4.90 Å². The molecule has 2 fully saturated rings. The zero-order valence-corrected chi connectivity index (χ0v) is 24.5. The average molecular weight is 619 g/mol. The fourth-order valence-electron chi connectivity index (χ4n) is 7.43. The zero-order valence-electron chi connectivity index (χ0n) is 24.5. The number of hydrogen-bond donors (Lipinski definition) is 8. The molecule has 5 rings (SSSR count). The van der Waals surface area contributed by atoms with Crippen LogP contribution in [0.3, 0.4) is 0 Å². The summed E-state index contributed by atoms with van der Waals surface area (Å²) in [6, 6.07) is 3.09. The van der Waals surface area contributed by atoms with Gasteiger partial charge in [0.15, 0.2) is 11.4 Å². The Labute approximate surface area is 252 Å². The average Bonchev–Trinajstić information content (AvgIpc) is 2.97. The first kappa shape index (κ1) is 32.0. The molecule has 1 heterocycles. The second kappa shape index (κ2) is 11.8. The number of carbonyl (C=O) groups is 3. The number of nitrogens with zero attached hydrogens (tertiary/aromatic N) is 3. The third-order valence-electron chi connectivity index (χ3n) is 9.47. The summed E-state index contributed by atoms with van der Waals surface area (Å²) in [6.45, 7) is 2.59. The number of phenolic OH excluding ortho intramolecular Hbond substituents is 1. The van der Waals surface area contributed by atoms with E-state index < -0.39 is 75.6 Å². The molecule has 7 atom stereocenters. The Morgan fingerprint density at radius 3 is 2.55 bits per heavy atom. The number of aliphatic hydroxyl groups is 4. The van der Waals surface area contributed by atoms with Gasteiger partial charge in [-0.25, -0.2) is 0 Å². The molecule has 15 heteroatoms. The van der Waals surface area contributed by atoms with Crippen molar-refractivity contribution >= 4 is 23.2 Å². The summed E-state index contributed by atoms with van der Waals surface area (Å²) >= 11 is 0. The summed E-state index contributed by atoms with van der Waals surface area (Å²) in [4.78, 5) is 49.3. The second-order valence-corrected chi connectivity index (χ2v) is 12.2. The molecule has 3 aliphatic carbocycles. The maximum absolute atomic E-state index is 14.2. The number of rotatable bonds is 7. The molecule has 44 heavy (non-hydrogen) atoms. The highest BCUT2D eigenvalue weighted by molar-refractivity contribution is 6.25. The second-order valence-electron chi connectivity index (χ2n) is 12.2. The summed E-state index contributed by atoms with van der Waals surface area (Å²) < 4.78 is 0. The molecule has 240 valence electrons. The quantitative estimate of drug-likeness (QED) is 0.147. The SMILES string of the molecule is CC1c2cccc(O)c2C(O)=C2C(=O)C3(O)C(O)=C(C(=O)NCN4CCCC(CON(O)O)C4)C(=O)C(N(C)C)C3C(O)C21. The highest BCUT2D eigenvalue weighted by Crippen LogP contribution is 2.56. The summed E-state index contributed by atoms with van der Waals surface area (Å²) in [6.07, 6.45) is -0.192. The lowest BCUT2D eigenvalue weighted by Gasteiger charge is -2.53. The molecule has 7 unspecified atom stereocenters. The zero-order chi connectivity index (χ0) is 32.2. The van der Waals surface area contributed by atoms with Crippen molar-refractivity contribution < 1.29 is 55.2 Å². The van der Waals surface area contributed by atoms with Crippen LogP contribution in [-0.4, -0.2) is 127 Å². The Kier molecular flexibility index (Phi) is 8.60. The van der Waals surface area contributed by atoms with Crippen molar-refractivity contribution in [3.63, 3.8) is 0 Å². The molecular weight excluding hydrogens is 580 g/mol. The Bertz CT molecular complexity index is 1430. The molecule has 0 spiro atoms. The summed E-state index contributed by atoms with van der Waals surface area (Å²) in [5.41, 5.74) is -3.80. The topological polar surface area (TPSA) is 224 Å². The smallest absolute Gasteiger partial charge is 0.259 e. The molecule has 1 saturated carbocycles. The molecule has 15 nitrogen and oxygen atoms in total. The van der Waals surface area contributed by atoms with E-state index in [0.29, 0.717) is 25.1 Å². The van der Waals surface area contributed by atoms with Crippen LogP contribution in [0.4, 0.5) is 0 Å². The van der Waals surface area contributed by atoms with Gasteiger partial charge in [0.1, 0.15) is 22.8 Å². The lowest BCUT2D eigenvalue weighted by molar-refractivity contribution is -0.494. The number of amides is 1. The predicted octanol–water partition coefficient (Wildman–Crippen LogP) is -0.192. The van der Waals surface area contributed by atoms with Gasteiger partial charge in [0.2, 0.25) is 5.78 Å². The van der Waals surface area contributed by atoms with Gasteiger partial charge in [-0.3, -0.25) is 39.4 Å². The fraction of sp³-hybridized carbons (Fsp3) is 0.552. The molecule has 0 bridgehead atoms. The number of carbonyl (C=O) groups excluding carboxylic acids is 3. The number of likely N-dealkylation sites (tertiary alicyclic amines) is 1. The van der Waals surface area contributed by atoms with Gasteiger partial charge in [-0.15, -0.1) is 0 Å². The fourth-order valence-corrected chi connectivity index (χ4v) is 7.43. The number of phenols is 1. The molecule has 0 aromatic heterocycles. The number of Topliss-reactive ketones (excluding diaryl/α,β-unsaturated/α-hetero) is 2. The van der Waals surface area contributed by atoms with Crippen molar-refractivity contribution in [2.75, 3.05) is 40.5 Å². The van der Waals surface area contributed by atoms with Crippen LogP contribution in [0, 0.1) is 17.8 Å². The molecule has 1 saturated heterocycles. The molecule has 0 radical (unpaired) electrons. The Morgan fingerprint density at radius 1 is 1.18 bits per heavy atom. The number of aliphatic hydroxyl groups excluding tert-OH is 3. The minimum atomic E-state index is -2.95. The van der Waals surface area contributed by atoms with E-state index in [1.54, 1.807) is 19.1 Å². The van der Waals surface area contributed by atoms with Crippen molar-refractivity contribution in [1.82, 2.24) is 20.5 Å². The number of piperidine rings is 1. The molecule has 8 N–H and O–H groups in total. The van der Waals surface area contributed by atoms with Crippen LogP contribution in [-0.2, 0) is 19.2 Å². The monoisotopic (exact) mass is 618 g/mol. The number of ketones is 2. The third-order valence-corrected chi connectivity index (χ3v) is 9.47. The normalized spacial score (nSPS) is 32.6. The number of nitrogens with one attached hydrogen (secondary N) is 1. The van der Waals surface area contributed by atoms with Gasteiger partial charge in [0.05, 0.1) is 42.3 Å². The molecule has 1 aliphatic heterocycles. The minimum absolute atomic E-state index is 0.00973. The van der Waals surface area contributed by atoms with Crippen molar-refractivity contribution in [1.29, 1.82) is 0 Å². The van der Waals surface area contributed by atoms with Crippen LogP contribution < -0.4 is 5.32 Å². The lowest BCUT2D eigenvalue weighted by Crippen LogP contribution is -2.70. The molecule has 1 aromatic rings. The number of aromatic hydroxyl groups is 1. The van der Waals surface area contributed by atoms with E-state index >= 15 is 0 Å². The van der Waals surface area contributed by atoms with Crippen molar-refractivity contribution in [2.24, 2.45) is 17.8 Å². The first-order chi connectivity index (χ1) is 20.7. The van der Waals surface area contributed by atoms with E-state index in [0.717, 1.165) is 6.42 Å². The van der Waals surface area contributed by atoms with Crippen molar-refractivity contribution in [3.05, 3.63) is 46.2 Å². The highest BCUT2D eigenvalue weighted by Gasteiger charge is 2.68. The summed E-state index contributed by atoms with van der Waals surface area (Å²) in [5, 5.41) is 76.7. The molecule has 1 amide bonds. The van der Waals surface area contributed by atoms with Gasteiger partial charge in [-0.05, 0) is 56.9 Å². The van der Waals surface area contributed by atoms with Crippen molar-refractivity contribution in [3.8, 4) is 5.75 Å². The van der Waals surface area contributed by atoms with Crippen LogP contribution in [0.25, 0.3) is 5.76 Å². The van der Waals surface area contributed by atoms with E-state index in [2.05, 4.69) is 5.32 Å². The number of hydrogen-bond acceptors (Lipinski definition) is 14. The molecular formula is C29H38N4O11. The Balaban J connectivity index is 1.51. The third kappa shape index (κ3) is 4.98. The largest absolute Gasteiger partial charge is 0.508 e. The van der Waals surface area contributed by atoms with Gasteiger partial charge in [-0.2, -0.15) is 0 Å². The maximum Gasteiger partial charge on any atom is 0.259 e. The van der Waals surface area contributed by atoms with Gasteiger partial charge in [0.25, 0.3) is 5.91 Å². The number of likely N-dealkylation sites (N-methyl/N-ethyl adjacent to an activating group) is 1. The molecule has 4 aliphatic rings. The summed E-state index contributed by atoms with van der Waals surface area (Å²) in [5.74, 6) is -8.78. The lowest BCUT2D eigenvalue weighted by atomic mass is 9.54. The number of fused-ring (bicyclic) bond motifs is 3. The standard InChI is InChI=1S/C29H38N4O11/c1-13-15-7-4-8-16(34)18(15)23(35)19-17(13)24(36)21-22(31(2)3)25(37)20(27(39)29(21,41)26(19)38)28(40)30-12-32-9-5-6-14(10-32)11-44-33(42)43/h4,7-8,13-14,17,21-22,24,34-36,39,41-43H,5-6,9-12H2,1-3H3,(H,30,40). The summed E-state index contributed by atoms with van der Waals surface area (Å²) in [7, 11) is 2.96. The van der Waals surface area contributed by atoms with E-state index in [4.69, 9.17) is 15.3 Å². The van der Waals surface area contributed by atoms with Crippen LogP contribution in [0.1, 0.15) is 36.8 Å². The van der Waals surface area contributed by atoms with Gasteiger partial charge < -0.3 is 30.8 Å². The van der Waals surface area contributed by atoms with Gasteiger partial charge >= 0.3 is 0 Å². The van der Waals surface area contributed by atoms with E-state index in [1.165, 1.54) is 25.1 Å². The van der Waals surface area contributed by atoms with Crippen LogP contribution >= 0.6 is 0 Å². The molecule has 1 aromatic carbocycles. The van der Waals surface area contributed by atoms with Gasteiger partial charge in [0, 0.05) is 18.0 Å². The Morgan fingerprint density at radius 2 is 1.89 bits per heavy atom. The van der Waals surface area contributed by atoms with E-state index in [9.17, 15) is 39.9 Å². The van der Waals surface area contributed by atoms with Gasteiger partial charge in [-0.1, -0.05) is 19.1 Å². The predicted molar refractivity (Wildman–Crippen MR) is 150 cm³/mol. The first-order valence-electron chi connectivity index (χ1n) is 14.4. The van der Waals surface area contributed by atoms with Crippen LogP contribution in [0.2, 0.25) is 0 Å². The van der Waals surface area contributed by atoms with Crippen molar-refractivity contribution in [2.45, 2.75) is 43.4 Å². The Hall–Kier alpha value is -3.41. The maximum atomic E-state index is 14.2. The first-order valence-corrected chi connectivity index (χ1v) is 14.4. The minimum Gasteiger partial charge on any atom is -0.508 e. The number of benzene rings is 1. The van der Waals surface area contributed by atoms with Crippen LogP contribution in [0.15, 0.2) is 35.1 Å². The van der Waals surface area contributed by atoms with Crippen LogP contribution in [0.5, 0.6) is 5.75 Å². The van der Waals surface area contributed by atoms with E-state index in [-0.39, 0.29) is 35.9 Å².